The van der Waals surface area contributed by atoms with Gasteiger partial charge in [0.25, 0.3) is 0 Å². The Kier molecular flexibility index (Phi) is 3.13. The largest absolute Gasteiger partial charge is 0.480 e. The number of nitrogens with two attached hydrogens (primary N) is 1. The smallest absolute Gasteiger partial charge is 0.237 e. The third-order valence-electron chi connectivity index (χ3n) is 1.76. The Morgan fingerprint density at radius 2 is 2.27 bits per heavy atom. The summed E-state index contributed by atoms with van der Waals surface area (Å²) in [6.07, 6.45) is 0. The average molecular weight is 238 g/mol. The number of rotatable bonds is 3. The summed E-state index contributed by atoms with van der Waals surface area (Å²) in [5.74, 6) is 0.483. The summed E-state index contributed by atoms with van der Waals surface area (Å²) in [6.45, 7) is 0. The lowest BCUT2D eigenvalue weighted by Crippen LogP contribution is -1.95. The minimum atomic E-state index is 0.483. The molecule has 78 valence electrons. The molecule has 0 saturated heterocycles. The van der Waals surface area contributed by atoms with Crippen LogP contribution in [0.15, 0.2) is 38.9 Å². The third-order valence-corrected chi connectivity index (χ3v) is 3.73. The van der Waals surface area contributed by atoms with Crippen LogP contribution in [0.4, 0.5) is 5.69 Å². The zero-order valence-corrected chi connectivity index (χ0v) is 9.77. The van der Waals surface area contributed by atoms with Crippen molar-refractivity contribution >= 4 is 28.8 Å². The molecule has 0 aliphatic carbocycles. The van der Waals surface area contributed by atoms with Crippen molar-refractivity contribution in [3.63, 3.8) is 0 Å². The van der Waals surface area contributed by atoms with Crippen LogP contribution in [0.2, 0.25) is 0 Å². The van der Waals surface area contributed by atoms with Gasteiger partial charge in [0.15, 0.2) is 0 Å². The molecule has 2 rings (SSSR count). The fraction of sp³-hybridized carbons (Fsp3) is 0.100. The standard InChI is InChI=1S/C10H10N2OS2/c1-13-10-7(11)4-5-8(12-10)15-9-3-2-6-14-9/h2-6H,11H2,1H3. The Bertz CT molecular complexity index is 443. The van der Waals surface area contributed by atoms with E-state index in [1.54, 1.807) is 30.2 Å². The molecule has 0 unspecified atom stereocenters. The lowest BCUT2D eigenvalue weighted by molar-refractivity contribution is 0.397. The van der Waals surface area contributed by atoms with E-state index in [0.29, 0.717) is 11.6 Å². The van der Waals surface area contributed by atoms with Crippen LogP contribution in [-0.2, 0) is 0 Å². The van der Waals surface area contributed by atoms with Crippen molar-refractivity contribution in [2.45, 2.75) is 9.24 Å². The van der Waals surface area contributed by atoms with Gasteiger partial charge in [0, 0.05) is 0 Å². The first-order valence-electron chi connectivity index (χ1n) is 4.31. The molecule has 2 aromatic heterocycles. The van der Waals surface area contributed by atoms with Crippen molar-refractivity contribution in [1.29, 1.82) is 0 Å². The second-order valence-corrected chi connectivity index (χ2v) is 5.05. The minimum Gasteiger partial charge on any atom is -0.480 e. The number of aromatic nitrogens is 1. The Balaban J connectivity index is 2.22. The van der Waals surface area contributed by atoms with Crippen LogP contribution in [0, 0.1) is 0 Å². The van der Waals surface area contributed by atoms with Gasteiger partial charge >= 0.3 is 0 Å². The second-order valence-electron chi connectivity index (χ2n) is 2.78. The first-order valence-corrected chi connectivity index (χ1v) is 6.01. The third kappa shape index (κ3) is 2.43. The van der Waals surface area contributed by atoms with E-state index in [1.807, 2.05) is 23.6 Å². The summed E-state index contributed by atoms with van der Waals surface area (Å²) in [6, 6.07) is 7.77. The van der Waals surface area contributed by atoms with Gasteiger partial charge in [0.05, 0.1) is 17.0 Å². The molecule has 0 saturated carbocycles. The van der Waals surface area contributed by atoms with Gasteiger partial charge in [-0.15, -0.1) is 11.3 Å². The molecule has 0 bridgehead atoms. The Hall–Kier alpha value is -1.20. The van der Waals surface area contributed by atoms with Gasteiger partial charge in [-0.05, 0) is 23.6 Å². The van der Waals surface area contributed by atoms with E-state index < -0.39 is 0 Å². The van der Waals surface area contributed by atoms with Crippen LogP contribution in [0.5, 0.6) is 5.88 Å². The van der Waals surface area contributed by atoms with Gasteiger partial charge in [-0.3, -0.25) is 0 Å². The van der Waals surface area contributed by atoms with Crippen LogP contribution in [0.25, 0.3) is 0 Å². The molecule has 0 aliphatic rings. The SMILES string of the molecule is COc1nc(Sc2cccs2)ccc1N. The number of hydrogen-bond donors (Lipinski definition) is 1. The summed E-state index contributed by atoms with van der Waals surface area (Å²) < 4.78 is 6.26. The first kappa shape index (κ1) is 10.3. The predicted molar refractivity (Wildman–Crippen MR) is 63.6 cm³/mol. The van der Waals surface area contributed by atoms with Crippen molar-refractivity contribution in [3.8, 4) is 5.88 Å². The fourth-order valence-electron chi connectivity index (χ4n) is 1.08. The normalized spacial score (nSPS) is 10.2. The highest BCUT2D eigenvalue weighted by molar-refractivity contribution is 8.01. The van der Waals surface area contributed by atoms with Crippen LogP contribution < -0.4 is 10.5 Å². The lowest BCUT2D eigenvalue weighted by Gasteiger charge is -2.04. The maximum atomic E-state index is 5.68. The van der Waals surface area contributed by atoms with Crippen molar-refractivity contribution in [1.82, 2.24) is 4.98 Å². The number of thiophene rings is 1. The highest BCUT2D eigenvalue weighted by atomic mass is 32.2. The molecule has 0 aromatic carbocycles. The van der Waals surface area contributed by atoms with E-state index in [0.717, 1.165) is 5.03 Å². The number of methoxy groups -OCH3 is 1. The molecule has 0 atom stereocenters. The number of ether oxygens (including phenoxy) is 1. The summed E-state index contributed by atoms with van der Waals surface area (Å²) in [4.78, 5) is 4.29. The molecule has 2 N–H and O–H groups in total. The van der Waals surface area contributed by atoms with Gasteiger partial charge in [-0.25, -0.2) is 4.98 Å². The van der Waals surface area contributed by atoms with Crippen molar-refractivity contribution in [3.05, 3.63) is 29.6 Å². The maximum absolute atomic E-state index is 5.68. The summed E-state index contributed by atoms with van der Waals surface area (Å²) in [5, 5.41) is 2.93. The molecule has 0 aliphatic heterocycles. The van der Waals surface area contributed by atoms with Crippen LogP contribution in [-0.4, -0.2) is 12.1 Å². The molecular weight excluding hydrogens is 228 g/mol. The summed E-state index contributed by atoms with van der Waals surface area (Å²) >= 11 is 3.29. The van der Waals surface area contributed by atoms with Crippen molar-refractivity contribution < 1.29 is 4.74 Å². The monoisotopic (exact) mass is 238 g/mol. The van der Waals surface area contributed by atoms with Gasteiger partial charge in [-0.2, -0.15) is 0 Å². The summed E-state index contributed by atoms with van der Waals surface area (Å²) in [5.41, 5.74) is 6.24. The summed E-state index contributed by atoms with van der Waals surface area (Å²) in [7, 11) is 1.57. The molecule has 0 amide bonds. The lowest BCUT2D eigenvalue weighted by atomic mass is 10.4. The maximum Gasteiger partial charge on any atom is 0.237 e. The zero-order chi connectivity index (χ0) is 10.7. The predicted octanol–water partition coefficient (Wildman–Crippen LogP) is 2.89. The van der Waals surface area contributed by atoms with Crippen molar-refractivity contribution in [2.75, 3.05) is 12.8 Å². The van der Waals surface area contributed by atoms with Gasteiger partial charge < -0.3 is 10.5 Å². The topological polar surface area (TPSA) is 48.1 Å². The molecule has 2 aromatic rings. The average Bonchev–Trinajstić information content (AvgIpc) is 2.73. The number of hydrogen-bond acceptors (Lipinski definition) is 5. The minimum absolute atomic E-state index is 0.483. The molecule has 0 radical (unpaired) electrons. The number of anilines is 1. The van der Waals surface area contributed by atoms with Crippen LogP contribution in [0.1, 0.15) is 0 Å². The molecule has 2 heterocycles. The van der Waals surface area contributed by atoms with Crippen LogP contribution >= 0.6 is 23.1 Å². The molecule has 3 nitrogen and oxygen atoms in total. The second kappa shape index (κ2) is 4.55. The zero-order valence-electron chi connectivity index (χ0n) is 8.14. The van der Waals surface area contributed by atoms with E-state index >= 15 is 0 Å². The van der Waals surface area contributed by atoms with Crippen molar-refractivity contribution in [2.24, 2.45) is 0 Å². The Morgan fingerprint density at radius 3 is 2.93 bits per heavy atom. The number of pyridine rings is 1. The van der Waals surface area contributed by atoms with Gasteiger partial charge in [0.2, 0.25) is 5.88 Å². The van der Waals surface area contributed by atoms with Crippen LogP contribution in [0.3, 0.4) is 0 Å². The Morgan fingerprint density at radius 1 is 1.40 bits per heavy atom. The highest BCUT2D eigenvalue weighted by Gasteiger charge is 2.04. The first-order chi connectivity index (χ1) is 7.29. The molecule has 5 heteroatoms. The van der Waals surface area contributed by atoms with Gasteiger partial charge in [-0.1, -0.05) is 17.8 Å². The van der Waals surface area contributed by atoms with E-state index in [-0.39, 0.29) is 0 Å². The van der Waals surface area contributed by atoms with E-state index in [2.05, 4.69) is 11.1 Å². The van der Waals surface area contributed by atoms with Gasteiger partial charge in [0.1, 0.15) is 5.03 Å². The van der Waals surface area contributed by atoms with E-state index in [1.165, 1.54) is 4.21 Å². The number of nitrogens with zero attached hydrogens (tertiary/aromatic N) is 1. The number of nitrogen functional groups attached to an aromatic ring is 1. The fourth-order valence-corrected chi connectivity index (χ4v) is 2.76. The van der Waals surface area contributed by atoms with E-state index in [9.17, 15) is 0 Å². The molecule has 0 spiro atoms. The molecule has 0 fully saturated rings. The van der Waals surface area contributed by atoms with E-state index in [4.69, 9.17) is 10.5 Å². The molecular formula is C10H10N2OS2. The quantitative estimate of drug-likeness (QED) is 0.893. The highest BCUT2D eigenvalue weighted by Crippen LogP contribution is 2.32. The molecule has 15 heavy (non-hydrogen) atoms. The Labute approximate surface area is 96.3 Å².